The number of fused-ring (bicyclic) bond motifs is 9. The number of anilines is 6. The lowest BCUT2D eigenvalue weighted by Crippen LogP contribution is -2.23. The zero-order valence-electron chi connectivity index (χ0n) is 43.7. The van der Waals surface area contributed by atoms with Crippen LogP contribution in [0.4, 0.5) is 34.1 Å². The highest BCUT2D eigenvalue weighted by atomic mass is 35.5. The van der Waals surface area contributed by atoms with Crippen molar-refractivity contribution in [2.45, 2.75) is 131 Å². The third-order valence-corrected chi connectivity index (χ3v) is 16.1. The molecule has 0 fully saturated rings. The number of benzene rings is 7. The van der Waals surface area contributed by atoms with Gasteiger partial charge in [-0.25, -0.2) is 0 Å². The number of thiophene rings is 1. The first-order valence-electron chi connectivity index (χ1n) is 24.9. The van der Waals surface area contributed by atoms with E-state index in [0.29, 0.717) is 5.02 Å². The van der Waals surface area contributed by atoms with Gasteiger partial charge in [0.2, 0.25) is 0 Å². The molecule has 4 heterocycles. The van der Waals surface area contributed by atoms with Gasteiger partial charge in [-0.1, -0.05) is 164 Å². The highest BCUT2D eigenvalue weighted by Crippen LogP contribution is 2.57. The van der Waals surface area contributed by atoms with Crippen LogP contribution in [0.2, 0.25) is 5.02 Å². The summed E-state index contributed by atoms with van der Waals surface area (Å²) in [6, 6.07) is 45.7. The van der Waals surface area contributed by atoms with E-state index in [1.165, 1.54) is 59.7 Å². The first kappa shape index (κ1) is 46.4. The van der Waals surface area contributed by atoms with Crippen LogP contribution in [0.25, 0.3) is 59.5 Å². The minimum Gasteiger partial charge on any atom is -0.454 e. The van der Waals surface area contributed by atoms with Crippen LogP contribution in [0.15, 0.2) is 131 Å². The van der Waals surface area contributed by atoms with Gasteiger partial charge >= 0.3 is 0 Å². The molecule has 4 nitrogen and oxygen atoms in total. The number of para-hydroxylation sites is 2. The molecule has 0 bridgehead atoms. The van der Waals surface area contributed by atoms with Crippen molar-refractivity contribution in [3.05, 3.63) is 160 Å². The van der Waals surface area contributed by atoms with Gasteiger partial charge in [0.15, 0.2) is 5.58 Å². The summed E-state index contributed by atoms with van der Waals surface area (Å²) >= 11 is 10.2. The number of rotatable bonds is 4. The third kappa shape index (κ3) is 7.36. The summed E-state index contributed by atoms with van der Waals surface area (Å²) in [6.45, 7) is 34.7. The fourth-order valence-electron chi connectivity index (χ4n) is 10.5. The number of nitrogens with zero attached hydrogens (tertiary/aromatic N) is 3. The molecule has 1 aliphatic rings. The Morgan fingerprint density at radius 3 is 1.69 bits per heavy atom. The molecule has 356 valence electrons. The van der Waals surface area contributed by atoms with Crippen molar-refractivity contribution in [3.8, 4) is 5.69 Å². The smallest absolute Gasteiger partial charge is 0.159 e. The van der Waals surface area contributed by atoms with Crippen LogP contribution in [-0.2, 0) is 27.1 Å². The van der Waals surface area contributed by atoms with Crippen molar-refractivity contribution in [1.82, 2.24) is 4.57 Å². The number of halogens is 1. The van der Waals surface area contributed by atoms with Gasteiger partial charge < -0.3 is 18.8 Å². The lowest BCUT2D eigenvalue weighted by atomic mass is 9.84. The van der Waals surface area contributed by atoms with E-state index in [1.54, 1.807) is 11.3 Å². The molecule has 0 unspecified atom stereocenters. The second-order valence-corrected chi connectivity index (χ2v) is 26.3. The molecule has 0 amide bonds. The zero-order valence-corrected chi connectivity index (χ0v) is 45.2. The monoisotopic (exact) mass is 959 g/mol. The molecule has 0 saturated heterocycles. The Kier molecular flexibility index (Phi) is 10.3. The summed E-state index contributed by atoms with van der Waals surface area (Å²) in [5.41, 5.74) is 17.1. The minimum atomic E-state index is -0.253. The summed E-state index contributed by atoms with van der Waals surface area (Å²) < 4.78 is 10.7. The second-order valence-electron chi connectivity index (χ2n) is 25.0. The van der Waals surface area contributed by atoms with Crippen LogP contribution < -0.4 is 9.80 Å². The second kappa shape index (κ2) is 15.5. The Hall–Kier alpha value is -6.01. The summed E-state index contributed by atoms with van der Waals surface area (Å²) in [5, 5.41) is 8.83. The molecule has 0 radical (unpaired) electrons. The standard InChI is InChI=1S/C64H66ClN3OS/c1-60(2,3)37-23-26-47-44(29-37)45-31-40(63(10,11)12)35-53-58(45)68(47)50-32-39(62(7,8)9)24-27-48(50)66(53)51-33-41(64(13,14)15)34-52(57(51)65)67(54-36-70-56-28-25-38(30-46(54)56)61(4,5)6)49-21-18-20-43-42-19-16-17-22-55(42)69-59(43)49/h16-36H,1-15H3. The Labute approximate surface area is 423 Å². The highest BCUT2D eigenvalue weighted by Gasteiger charge is 2.36. The summed E-state index contributed by atoms with van der Waals surface area (Å²) in [4.78, 5) is 4.89. The van der Waals surface area contributed by atoms with E-state index in [-0.39, 0.29) is 27.1 Å². The topological polar surface area (TPSA) is 24.6 Å². The Bertz CT molecular complexity index is 3770. The Balaban J connectivity index is 1.29. The van der Waals surface area contributed by atoms with E-state index in [9.17, 15) is 0 Å². The summed E-state index contributed by atoms with van der Waals surface area (Å²) in [5.74, 6) is 0. The Morgan fingerprint density at radius 2 is 1.00 bits per heavy atom. The van der Waals surface area contributed by atoms with E-state index < -0.39 is 0 Å². The summed E-state index contributed by atoms with van der Waals surface area (Å²) in [6.07, 6.45) is 0. The van der Waals surface area contributed by atoms with Crippen LogP contribution in [0, 0.1) is 0 Å². The van der Waals surface area contributed by atoms with Gasteiger partial charge in [-0.05, 0) is 128 Å². The maximum atomic E-state index is 8.40. The van der Waals surface area contributed by atoms with Crippen molar-refractivity contribution in [1.29, 1.82) is 0 Å². The lowest BCUT2D eigenvalue weighted by molar-refractivity contribution is 0.589. The fraction of sp³-hybridized carbons (Fsp3) is 0.312. The molecular weight excluding hydrogens is 894 g/mol. The molecule has 0 aliphatic carbocycles. The molecule has 6 heteroatoms. The predicted molar refractivity (Wildman–Crippen MR) is 305 cm³/mol. The van der Waals surface area contributed by atoms with E-state index in [4.69, 9.17) is 16.0 Å². The van der Waals surface area contributed by atoms with Crippen LogP contribution in [0.3, 0.4) is 0 Å². The lowest BCUT2D eigenvalue weighted by Gasteiger charge is -2.38. The number of hydrogen-bond donors (Lipinski definition) is 0. The quantitative estimate of drug-likeness (QED) is 0.176. The molecule has 11 rings (SSSR count). The molecule has 7 aromatic carbocycles. The average Bonchev–Trinajstić information content (AvgIpc) is 3.98. The van der Waals surface area contributed by atoms with Gasteiger partial charge in [0.25, 0.3) is 0 Å². The molecule has 3 aromatic heterocycles. The molecule has 0 spiro atoms. The van der Waals surface area contributed by atoms with Gasteiger partial charge in [-0.3, -0.25) is 0 Å². The Morgan fingerprint density at radius 1 is 0.443 bits per heavy atom. The van der Waals surface area contributed by atoms with Crippen LogP contribution in [0.1, 0.15) is 132 Å². The number of aromatic nitrogens is 1. The molecule has 70 heavy (non-hydrogen) atoms. The van der Waals surface area contributed by atoms with Crippen LogP contribution in [0.5, 0.6) is 0 Å². The largest absolute Gasteiger partial charge is 0.454 e. The SMILES string of the molecule is CC(C)(C)c1cc(N(c2csc3ccc(C(C)(C)C)cc23)c2cccc3c2oc2ccccc23)c(Cl)c(N2c3ccc(C(C)(C)C)cc3-n3c4ccc(C(C)(C)C)cc4c4cc(C(C)(C)C)cc2c43)c1. The van der Waals surface area contributed by atoms with Crippen molar-refractivity contribution < 1.29 is 4.42 Å². The summed E-state index contributed by atoms with van der Waals surface area (Å²) in [7, 11) is 0. The average molecular weight is 961 g/mol. The molecule has 0 atom stereocenters. The van der Waals surface area contributed by atoms with Crippen molar-refractivity contribution in [2.24, 2.45) is 0 Å². The molecule has 0 saturated carbocycles. The van der Waals surface area contributed by atoms with Gasteiger partial charge in [0, 0.05) is 37.0 Å². The van der Waals surface area contributed by atoms with Crippen LogP contribution in [-0.4, -0.2) is 4.57 Å². The number of hydrogen-bond acceptors (Lipinski definition) is 4. The fourth-order valence-corrected chi connectivity index (χ4v) is 11.7. The first-order chi connectivity index (χ1) is 32.8. The van der Waals surface area contributed by atoms with Crippen molar-refractivity contribution in [2.75, 3.05) is 9.80 Å². The van der Waals surface area contributed by atoms with Gasteiger partial charge in [-0.15, -0.1) is 11.3 Å². The number of furan rings is 1. The molecular formula is C64H66ClN3OS. The maximum absolute atomic E-state index is 8.40. The van der Waals surface area contributed by atoms with Crippen LogP contribution >= 0.6 is 22.9 Å². The minimum absolute atomic E-state index is 0.0193. The molecule has 1 aliphatic heterocycles. The van der Waals surface area contributed by atoms with Gasteiger partial charge in [0.05, 0.1) is 55.9 Å². The normalized spacial score (nSPS) is 13.7. The molecule has 0 N–H and O–H groups in total. The maximum Gasteiger partial charge on any atom is 0.159 e. The van der Waals surface area contributed by atoms with E-state index in [0.717, 1.165) is 61.8 Å². The third-order valence-electron chi connectivity index (χ3n) is 14.8. The van der Waals surface area contributed by atoms with E-state index in [1.807, 2.05) is 6.07 Å². The highest BCUT2D eigenvalue weighted by molar-refractivity contribution is 7.17. The molecule has 10 aromatic rings. The van der Waals surface area contributed by atoms with Crippen molar-refractivity contribution in [3.63, 3.8) is 0 Å². The van der Waals surface area contributed by atoms with Gasteiger partial charge in [-0.2, -0.15) is 0 Å². The first-order valence-corrected chi connectivity index (χ1v) is 26.2. The van der Waals surface area contributed by atoms with Gasteiger partial charge in [0.1, 0.15) is 5.58 Å². The predicted octanol–water partition coefficient (Wildman–Crippen LogP) is 20.3. The van der Waals surface area contributed by atoms with E-state index in [2.05, 4.69) is 239 Å². The van der Waals surface area contributed by atoms with E-state index >= 15 is 0 Å². The van der Waals surface area contributed by atoms with Crippen molar-refractivity contribution >= 4 is 111 Å². The zero-order chi connectivity index (χ0) is 49.8.